The van der Waals surface area contributed by atoms with Gasteiger partial charge in [-0.15, -0.1) is 11.3 Å². The maximum Gasteiger partial charge on any atom is 0.354 e. The third-order valence-electron chi connectivity index (χ3n) is 2.75. The van der Waals surface area contributed by atoms with Crippen molar-refractivity contribution in [3.05, 3.63) is 40.5 Å². The van der Waals surface area contributed by atoms with Gasteiger partial charge >= 0.3 is 11.9 Å². The zero-order valence-corrected chi connectivity index (χ0v) is 11.9. The first-order valence-electron chi connectivity index (χ1n) is 6.00. The van der Waals surface area contributed by atoms with Crippen LogP contribution in [0.25, 0.3) is 10.4 Å². The summed E-state index contributed by atoms with van der Waals surface area (Å²) < 4.78 is 4.93. The number of hydrogen-bond donors (Lipinski definition) is 1. The molecule has 0 bridgehead atoms. The van der Waals surface area contributed by atoms with Gasteiger partial charge in [-0.3, -0.25) is 0 Å². The fourth-order valence-electron chi connectivity index (χ4n) is 1.81. The fraction of sp³-hybridized carbons (Fsp3) is 0.214. The van der Waals surface area contributed by atoms with Gasteiger partial charge in [0.15, 0.2) is 5.69 Å². The van der Waals surface area contributed by atoms with Gasteiger partial charge in [-0.2, -0.15) is 0 Å². The lowest BCUT2D eigenvalue weighted by Crippen LogP contribution is -2.03. The van der Waals surface area contributed by atoms with E-state index < -0.39 is 5.97 Å². The van der Waals surface area contributed by atoms with E-state index in [0.29, 0.717) is 17.0 Å². The molecule has 1 N–H and O–H groups in total. The second kappa shape index (κ2) is 5.83. The molecular weight excluding hydrogens is 278 g/mol. The number of hydrogen-bond acceptors (Lipinski definition) is 5. The molecule has 0 saturated heterocycles. The minimum absolute atomic E-state index is 0.0218. The largest absolute Gasteiger partial charge is 0.477 e. The summed E-state index contributed by atoms with van der Waals surface area (Å²) in [5, 5.41) is 9.07. The quantitative estimate of drug-likeness (QED) is 0.876. The summed E-state index contributed by atoms with van der Waals surface area (Å²) in [6.07, 6.45) is 1.45. The topological polar surface area (TPSA) is 76.5 Å². The van der Waals surface area contributed by atoms with Crippen LogP contribution in [0.15, 0.2) is 24.4 Å². The predicted molar refractivity (Wildman–Crippen MR) is 75.2 cm³/mol. The minimum atomic E-state index is -1.06. The molecule has 0 spiro atoms. The first kappa shape index (κ1) is 14.2. The highest BCUT2D eigenvalue weighted by atomic mass is 32.1. The molecule has 0 aliphatic heterocycles. The van der Waals surface area contributed by atoms with Crippen molar-refractivity contribution in [2.45, 2.75) is 13.8 Å². The van der Waals surface area contributed by atoms with Crippen molar-refractivity contribution in [3.8, 4) is 10.4 Å². The van der Waals surface area contributed by atoms with E-state index in [1.165, 1.54) is 17.5 Å². The van der Waals surface area contributed by atoms with Gasteiger partial charge in [-0.25, -0.2) is 14.6 Å². The van der Waals surface area contributed by atoms with Crippen LogP contribution in [-0.2, 0) is 4.74 Å². The average Bonchev–Trinajstić information content (AvgIpc) is 2.88. The number of carbonyl (C=O) groups is 2. The van der Waals surface area contributed by atoms with E-state index >= 15 is 0 Å². The number of thiophene rings is 1. The number of carboxylic acids is 1. The molecule has 0 fully saturated rings. The summed E-state index contributed by atoms with van der Waals surface area (Å²) in [6, 6.07) is 5.20. The van der Waals surface area contributed by atoms with E-state index in [9.17, 15) is 9.59 Å². The van der Waals surface area contributed by atoms with Crippen LogP contribution in [0.4, 0.5) is 0 Å². The summed E-state index contributed by atoms with van der Waals surface area (Å²) >= 11 is 1.27. The Bertz CT molecular complexity index is 663. The SMILES string of the molecule is CCOC(=O)c1ccc(-c2ccnc(C(=O)O)c2C)s1. The number of ether oxygens (including phenoxy) is 1. The zero-order valence-electron chi connectivity index (χ0n) is 11.0. The van der Waals surface area contributed by atoms with Crippen LogP contribution in [0.2, 0.25) is 0 Å². The predicted octanol–water partition coefficient (Wildman–Crippen LogP) is 2.99. The van der Waals surface area contributed by atoms with Crippen LogP contribution >= 0.6 is 11.3 Å². The third-order valence-corrected chi connectivity index (χ3v) is 3.85. The number of carbonyl (C=O) groups excluding carboxylic acids is 1. The van der Waals surface area contributed by atoms with E-state index in [1.807, 2.05) is 0 Å². The maximum atomic E-state index is 11.6. The summed E-state index contributed by atoms with van der Waals surface area (Å²) in [6.45, 7) is 3.78. The first-order valence-corrected chi connectivity index (χ1v) is 6.82. The number of nitrogens with zero attached hydrogens (tertiary/aromatic N) is 1. The number of esters is 1. The van der Waals surface area contributed by atoms with Crippen LogP contribution in [0, 0.1) is 6.92 Å². The first-order chi connectivity index (χ1) is 9.54. The van der Waals surface area contributed by atoms with Crippen LogP contribution in [-0.4, -0.2) is 28.6 Å². The van der Waals surface area contributed by atoms with Gasteiger partial charge in [0.05, 0.1) is 6.61 Å². The van der Waals surface area contributed by atoms with Crippen molar-refractivity contribution in [2.24, 2.45) is 0 Å². The summed E-state index contributed by atoms with van der Waals surface area (Å²) in [7, 11) is 0. The molecule has 0 radical (unpaired) electrons. The Morgan fingerprint density at radius 2 is 2.10 bits per heavy atom. The van der Waals surface area contributed by atoms with Gasteiger partial charge in [0.1, 0.15) is 4.88 Å². The Morgan fingerprint density at radius 3 is 2.75 bits per heavy atom. The van der Waals surface area contributed by atoms with E-state index in [2.05, 4.69) is 4.98 Å². The van der Waals surface area contributed by atoms with Crippen LogP contribution < -0.4 is 0 Å². The van der Waals surface area contributed by atoms with E-state index in [-0.39, 0.29) is 11.7 Å². The fourth-order valence-corrected chi connectivity index (χ4v) is 2.80. The molecule has 2 aromatic heterocycles. The second-order valence-corrected chi connectivity index (χ2v) is 5.11. The van der Waals surface area contributed by atoms with Crippen molar-refractivity contribution in [2.75, 3.05) is 6.61 Å². The lowest BCUT2D eigenvalue weighted by molar-refractivity contribution is 0.0531. The zero-order chi connectivity index (χ0) is 14.7. The van der Waals surface area contributed by atoms with Crippen molar-refractivity contribution in [1.82, 2.24) is 4.98 Å². The van der Waals surface area contributed by atoms with E-state index in [4.69, 9.17) is 9.84 Å². The van der Waals surface area contributed by atoms with Crippen LogP contribution in [0.5, 0.6) is 0 Å². The molecule has 6 heteroatoms. The number of pyridine rings is 1. The molecule has 0 atom stereocenters. The van der Waals surface area contributed by atoms with Crippen LogP contribution in [0.3, 0.4) is 0 Å². The Labute approximate surface area is 119 Å². The standard InChI is InChI=1S/C14H13NO4S/c1-3-19-14(18)11-5-4-10(20-11)9-6-7-15-12(8(9)2)13(16)17/h4-7H,3H2,1-2H3,(H,16,17). The summed E-state index contributed by atoms with van der Waals surface area (Å²) in [5.74, 6) is -1.43. The molecule has 0 unspecified atom stereocenters. The van der Waals surface area contributed by atoms with E-state index in [1.54, 1.807) is 32.0 Å². The van der Waals surface area contributed by atoms with Crippen molar-refractivity contribution in [1.29, 1.82) is 0 Å². The van der Waals surface area contributed by atoms with Gasteiger partial charge in [-0.05, 0) is 43.2 Å². The molecule has 0 saturated carbocycles. The van der Waals surface area contributed by atoms with Gasteiger partial charge in [-0.1, -0.05) is 0 Å². The molecule has 104 valence electrons. The molecule has 20 heavy (non-hydrogen) atoms. The van der Waals surface area contributed by atoms with Gasteiger partial charge in [0, 0.05) is 11.1 Å². The highest BCUT2D eigenvalue weighted by Gasteiger charge is 2.16. The molecule has 0 aromatic carbocycles. The number of aromatic nitrogens is 1. The monoisotopic (exact) mass is 291 g/mol. The van der Waals surface area contributed by atoms with Crippen molar-refractivity contribution >= 4 is 23.3 Å². The highest BCUT2D eigenvalue weighted by Crippen LogP contribution is 2.31. The van der Waals surface area contributed by atoms with Crippen molar-refractivity contribution in [3.63, 3.8) is 0 Å². The lowest BCUT2D eigenvalue weighted by atomic mass is 10.1. The Balaban J connectivity index is 2.40. The summed E-state index contributed by atoms with van der Waals surface area (Å²) in [4.78, 5) is 27.9. The smallest absolute Gasteiger partial charge is 0.354 e. The lowest BCUT2D eigenvalue weighted by Gasteiger charge is -2.05. The Morgan fingerprint density at radius 1 is 1.35 bits per heavy atom. The molecule has 0 aliphatic rings. The maximum absolute atomic E-state index is 11.6. The van der Waals surface area contributed by atoms with Gasteiger partial charge < -0.3 is 9.84 Å². The van der Waals surface area contributed by atoms with Crippen molar-refractivity contribution < 1.29 is 19.4 Å². The Hall–Kier alpha value is -2.21. The molecule has 2 aromatic rings. The van der Waals surface area contributed by atoms with Gasteiger partial charge in [0.25, 0.3) is 0 Å². The number of rotatable bonds is 4. The van der Waals surface area contributed by atoms with Crippen LogP contribution in [0.1, 0.15) is 32.6 Å². The highest BCUT2D eigenvalue weighted by molar-refractivity contribution is 7.17. The molecule has 2 heterocycles. The normalized spacial score (nSPS) is 10.3. The molecule has 0 amide bonds. The van der Waals surface area contributed by atoms with Gasteiger partial charge in [0.2, 0.25) is 0 Å². The second-order valence-electron chi connectivity index (χ2n) is 4.02. The number of carboxylic acid groups (broad SMARTS) is 1. The molecular formula is C14H13NO4S. The molecule has 2 rings (SSSR count). The average molecular weight is 291 g/mol. The minimum Gasteiger partial charge on any atom is -0.477 e. The number of aromatic carboxylic acids is 1. The molecule has 0 aliphatic carbocycles. The third kappa shape index (κ3) is 2.70. The van der Waals surface area contributed by atoms with E-state index in [0.717, 1.165) is 10.4 Å². The Kier molecular flexibility index (Phi) is 4.14. The summed E-state index contributed by atoms with van der Waals surface area (Å²) in [5.41, 5.74) is 1.36. The molecule has 5 nitrogen and oxygen atoms in total.